The zero-order valence-electron chi connectivity index (χ0n) is 10.4. The highest BCUT2D eigenvalue weighted by molar-refractivity contribution is 7.99. The van der Waals surface area contributed by atoms with Gasteiger partial charge in [0.1, 0.15) is 0 Å². The lowest BCUT2D eigenvalue weighted by atomic mass is 10.0. The third-order valence-corrected chi connectivity index (χ3v) is 5.07. The van der Waals surface area contributed by atoms with Crippen molar-refractivity contribution >= 4 is 23.4 Å². The van der Waals surface area contributed by atoms with E-state index in [1.54, 1.807) is 0 Å². The van der Waals surface area contributed by atoms with E-state index >= 15 is 0 Å². The number of halogens is 1. The zero-order valence-corrected chi connectivity index (χ0v) is 12.0. The van der Waals surface area contributed by atoms with Crippen molar-refractivity contribution in [1.82, 2.24) is 5.32 Å². The molecule has 3 heteroatoms. The zero-order chi connectivity index (χ0) is 12.3. The molecule has 0 radical (unpaired) electrons. The molecule has 1 N–H and O–H groups in total. The Hall–Kier alpha value is -0.180. The van der Waals surface area contributed by atoms with E-state index in [1.807, 2.05) is 12.1 Å². The highest BCUT2D eigenvalue weighted by atomic mass is 35.5. The summed E-state index contributed by atoms with van der Waals surface area (Å²) in [4.78, 5) is 0. The maximum absolute atomic E-state index is 5.91. The van der Waals surface area contributed by atoms with Gasteiger partial charge in [-0.15, -0.1) is 0 Å². The van der Waals surface area contributed by atoms with Crippen LogP contribution in [0.15, 0.2) is 24.3 Å². The van der Waals surface area contributed by atoms with Crippen LogP contribution < -0.4 is 5.32 Å². The summed E-state index contributed by atoms with van der Waals surface area (Å²) in [5.74, 6) is 1.31. The molecular formula is C14H20ClNS. The van der Waals surface area contributed by atoms with Gasteiger partial charge < -0.3 is 5.32 Å². The van der Waals surface area contributed by atoms with Crippen molar-refractivity contribution in [2.45, 2.75) is 44.0 Å². The molecule has 94 valence electrons. The Morgan fingerprint density at radius 2 is 2.06 bits per heavy atom. The van der Waals surface area contributed by atoms with E-state index < -0.39 is 0 Å². The van der Waals surface area contributed by atoms with Crippen LogP contribution >= 0.6 is 23.4 Å². The molecule has 0 saturated carbocycles. The van der Waals surface area contributed by atoms with Crippen LogP contribution in [0.4, 0.5) is 0 Å². The number of hydrogen-bond donors (Lipinski definition) is 1. The number of nitrogens with one attached hydrogen (secondary N) is 1. The molecule has 1 saturated heterocycles. The van der Waals surface area contributed by atoms with Crippen molar-refractivity contribution in [3.63, 3.8) is 0 Å². The molecule has 1 aromatic carbocycles. The Balaban J connectivity index is 1.95. The van der Waals surface area contributed by atoms with E-state index in [-0.39, 0.29) is 0 Å². The summed E-state index contributed by atoms with van der Waals surface area (Å²) in [6.07, 6.45) is 2.63. The average Bonchev–Trinajstić information content (AvgIpc) is 2.33. The summed E-state index contributed by atoms with van der Waals surface area (Å²) < 4.78 is 0. The molecule has 0 bridgehead atoms. The predicted octanol–water partition coefficient (Wildman–Crippen LogP) is 4.27. The molecule has 1 aliphatic heterocycles. The predicted molar refractivity (Wildman–Crippen MR) is 77.9 cm³/mol. The minimum Gasteiger partial charge on any atom is -0.306 e. The second-order valence-electron chi connectivity index (χ2n) is 4.76. The molecule has 0 aliphatic carbocycles. The van der Waals surface area contributed by atoms with Crippen LogP contribution in [0.5, 0.6) is 0 Å². The van der Waals surface area contributed by atoms with Crippen LogP contribution in [0.25, 0.3) is 0 Å². The highest BCUT2D eigenvalue weighted by Crippen LogP contribution is 2.27. The first-order valence-electron chi connectivity index (χ1n) is 6.30. The standard InChI is InChI=1S/C14H20ClNS/c1-10(12-5-7-13(15)8-6-12)16-14-4-3-9-17-11(14)2/h5-8,10-11,14,16H,3-4,9H2,1-2H3/t10-,11?,14?/m0/s1. The summed E-state index contributed by atoms with van der Waals surface area (Å²) >= 11 is 7.99. The first-order chi connectivity index (χ1) is 8.16. The molecule has 0 spiro atoms. The second kappa shape index (κ2) is 6.12. The van der Waals surface area contributed by atoms with Crippen molar-refractivity contribution in [2.24, 2.45) is 0 Å². The van der Waals surface area contributed by atoms with Gasteiger partial charge in [-0.2, -0.15) is 11.8 Å². The van der Waals surface area contributed by atoms with Crippen molar-refractivity contribution in [1.29, 1.82) is 0 Å². The van der Waals surface area contributed by atoms with Gasteiger partial charge in [-0.3, -0.25) is 0 Å². The van der Waals surface area contributed by atoms with E-state index in [1.165, 1.54) is 24.2 Å². The third kappa shape index (κ3) is 3.64. The maximum Gasteiger partial charge on any atom is 0.0406 e. The lowest BCUT2D eigenvalue weighted by Crippen LogP contribution is -2.40. The van der Waals surface area contributed by atoms with Gasteiger partial charge in [0, 0.05) is 22.4 Å². The molecule has 1 nitrogen and oxygen atoms in total. The quantitative estimate of drug-likeness (QED) is 0.879. The monoisotopic (exact) mass is 269 g/mol. The summed E-state index contributed by atoms with van der Waals surface area (Å²) in [6, 6.07) is 9.20. The normalized spacial score (nSPS) is 26.8. The van der Waals surface area contributed by atoms with Gasteiger partial charge in [0.15, 0.2) is 0 Å². The van der Waals surface area contributed by atoms with E-state index in [0.717, 1.165) is 10.3 Å². The number of thioether (sulfide) groups is 1. The summed E-state index contributed by atoms with van der Waals surface area (Å²) in [5.41, 5.74) is 1.32. The van der Waals surface area contributed by atoms with Crippen LogP contribution in [-0.2, 0) is 0 Å². The van der Waals surface area contributed by atoms with Crippen molar-refractivity contribution in [3.05, 3.63) is 34.9 Å². The topological polar surface area (TPSA) is 12.0 Å². The second-order valence-corrected chi connectivity index (χ2v) is 6.69. The molecule has 2 unspecified atom stereocenters. The summed E-state index contributed by atoms with van der Waals surface area (Å²) in [5, 5.41) is 5.27. The van der Waals surface area contributed by atoms with Gasteiger partial charge >= 0.3 is 0 Å². The Morgan fingerprint density at radius 1 is 1.35 bits per heavy atom. The Kier molecular flexibility index (Phi) is 4.78. The SMILES string of the molecule is CC1SCCCC1N[C@@H](C)c1ccc(Cl)cc1. The average molecular weight is 270 g/mol. The van der Waals surface area contributed by atoms with E-state index in [9.17, 15) is 0 Å². The minimum atomic E-state index is 0.401. The van der Waals surface area contributed by atoms with Gasteiger partial charge in [-0.1, -0.05) is 30.7 Å². The van der Waals surface area contributed by atoms with Crippen molar-refractivity contribution in [3.8, 4) is 0 Å². The highest BCUT2D eigenvalue weighted by Gasteiger charge is 2.23. The van der Waals surface area contributed by atoms with E-state index in [0.29, 0.717) is 12.1 Å². The van der Waals surface area contributed by atoms with Crippen molar-refractivity contribution < 1.29 is 0 Å². The van der Waals surface area contributed by atoms with Crippen LogP contribution in [-0.4, -0.2) is 17.0 Å². The molecule has 17 heavy (non-hydrogen) atoms. The van der Waals surface area contributed by atoms with E-state index in [4.69, 9.17) is 11.6 Å². The lowest BCUT2D eigenvalue weighted by molar-refractivity contribution is 0.417. The molecule has 1 heterocycles. The van der Waals surface area contributed by atoms with E-state index in [2.05, 4.69) is 43.1 Å². The first kappa shape index (κ1) is 13.3. The van der Waals surface area contributed by atoms with Crippen LogP contribution in [0.2, 0.25) is 5.02 Å². The van der Waals surface area contributed by atoms with Gasteiger partial charge in [-0.25, -0.2) is 0 Å². The van der Waals surface area contributed by atoms with Crippen molar-refractivity contribution in [2.75, 3.05) is 5.75 Å². The Bertz CT molecular complexity index is 352. The Morgan fingerprint density at radius 3 is 2.71 bits per heavy atom. The molecule has 0 aromatic heterocycles. The molecule has 3 atom stereocenters. The number of hydrogen-bond acceptors (Lipinski definition) is 2. The van der Waals surface area contributed by atoms with Gasteiger partial charge in [0.05, 0.1) is 0 Å². The smallest absolute Gasteiger partial charge is 0.0406 e. The lowest BCUT2D eigenvalue weighted by Gasteiger charge is -2.32. The maximum atomic E-state index is 5.91. The molecule has 1 aliphatic rings. The van der Waals surface area contributed by atoms with Crippen LogP contribution in [0, 0.1) is 0 Å². The summed E-state index contributed by atoms with van der Waals surface area (Å²) in [7, 11) is 0. The number of benzene rings is 1. The van der Waals surface area contributed by atoms with Gasteiger partial charge in [0.25, 0.3) is 0 Å². The largest absolute Gasteiger partial charge is 0.306 e. The fourth-order valence-corrected chi connectivity index (χ4v) is 3.59. The molecular weight excluding hydrogens is 250 g/mol. The molecule has 1 aromatic rings. The Labute approximate surface area is 113 Å². The summed E-state index contributed by atoms with van der Waals surface area (Å²) in [6.45, 7) is 4.56. The third-order valence-electron chi connectivity index (χ3n) is 3.44. The van der Waals surface area contributed by atoms with Gasteiger partial charge in [-0.05, 0) is 43.2 Å². The number of rotatable bonds is 3. The first-order valence-corrected chi connectivity index (χ1v) is 7.72. The minimum absolute atomic E-state index is 0.401. The fourth-order valence-electron chi connectivity index (χ4n) is 2.31. The fraction of sp³-hybridized carbons (Fsp3) is 0.571. The molecule has 1 fully saturated rings. The van der Waals surface area contributed by atoms with Crippen LogP contribution in [0.3, 0.4) is 0 Å². The van der Waals surface area contributed by atoms with Gasteiger partial charge in [0.2, 0.25) is 0 Å². The molecule has 0 amide bonds. The van der Waals surface area contributed by atoms with Crippen LogP contribution in [0.1, 0.15) is 38.3 Å². The molecule has 2 rings (SSSR count).